The van der Waals surface area contributed by atoms with E-state index in [1.165, 1.54) is 0 Å². The Labute approximate surface area is 139 Å². The predicted octanol–water partition coefficient (Wildman–Crippen LogP) is 2.33. The molecule has 1 amide bonds. The van der Waals surface area contributed by atoms with E-state index in [0.717, 1.165) is 36.3 Å². The number of aromatic nitrogens is 3. The molecule has 3 aromatic rings. The van der Waals surface area contributed by atoms with Crippen LogP contribution < -0.4 is 5.32 Å². The monoisotopic (exact) mass is 322 g/mol. The van der Waals surface area contributed by atoms with Gasteiger partial charge in [0.15, 0.2) is 5.65 Å². The summed E-state index contributed by atoms with van der Waals surface area (Å²) in [7, 11) is 0. The highest BCUT2D eigenvalue weighted by Gasteiger charge is 2.16. The van der Waals surface area contributed by atoms with Crippen LogP contribution in [0.2, 0.25) is 0 Å². The number of hydrogen-bond acceptors (Lipinski definition) is 4. The number of carbonyl (C=O) groups is 1. The molecule has 1 atom stereocenters. The number of carbonyl (C=O) groups excluding carboxylic acids is 1. The molecule has 2 aromatic heterocycles. The third-order valence-electron chi connectivity index (χ3n) is 4.23. The van der Waals surface area contributed by atoms with Crippen molar-refractivity contribution in [2.24, 2.45) is 0 Å². The van der Waals surface area contributed by atoms with Crippen LogP contribution in [0.15, 0.2) is 48.9 Å². The van der Waals surface area contributed by atoms with Gasteiger partial charge in [-0.2, -0.15) is 0 Å². The highest BCUT2D eigenvalue weighted by atomic mass is 16.5. The Morgan fingerprint density at radius 2 is 2.12 bits per heavy atom. The third kappa shape index (κ3) is 2.88. The Balaban J connectivity index is 1.49. The lowest BCUT2D eigenvalue weighted by Gasteiger charge is -2.11. The molecule has 24 heavy (non-hydrogen) atoms. The molecule has 122 valence electrons. The average molecular weight is 322 g/mol. The molecular formula is C18H18N4O2. The van der Waals surface area contributed by atoms with Gasteiger partial charge in [0, 0.05) is 30.6 Å². The fraction of sp³-hybridized carbons (Fsp3) is 0.278. The summed E-state index contributed by atoms with van der Waals surface area (Å²) in [5.41, 5.74) is 3.20. The normalized spacial score (nSPS) is 17.2. The molecule has 1 aromatic carbocycles. The molecule has 0 spiro atoms. The summed E-state index contributed by atoms with van der Waals surface area (Å²) < 4.78 is 7.42. The molecule has 4 rings (SSSR count). The second-order valence-corrected chi connectivity index (χ2v) is 5.85. The lowest BCUT2D eigenvalue weighted by molar-refractivity contribution is 0.0858. The maximum Gasteiger partial charge on any atom is 0.251 e. The molecule has 0 aliphatic carbocycles. The zero-order chi connectivity index (χ0) is 16.4. The van der Waals surface area contributed by atoms with Crippen LogP contribution in [0.5, 0.6) is 0 Å². The third-order valence-corrected chi connectivity index (χ3v) is 4.23. The van der Waals surface area contributed by atoms with Gasteiger partial charge in [0.1, 0.15) is 11.8 Å². The first-order valence-corrected chi connectivity index (χ1v) is 8.09. The molecule has 6 nitrogen and oxygen atoms in total. The van der Waals surface area contributed by atoms with Crippen molar-refractivity contribution >= 4 is 17.1 Å². The number of nitrogens with one attached hydrogen (secondary N) is 1. The quantitative estimate of drug-likeness (QED) is 0.800. The van der Waals surface area contributed by atoms with Crippen LogP contribution in [-0.2, 0) is 4.74 Å². The molecule has 6 heteroatoms. The van der Waals surface area contributed by atoms with Crippen LogP contribution in [0, 0.1) is 0 Å². The summed E-state index contributed by atoms with van der Waals surface area (Å²) in [6.45, 7) is 1.36. The number of imidazole rings is 1. The van der Waals surface area contributed by atoms with E-state index in [1.54, 1.807) is 12.5 Å². The number of ether oxygens (including phenoxy) is 1. The number of hydrogen-bond donors (Lipinski definition) is 1. The van der Waals surface area contributed by atoms with E-state index >= 15 is 0 Å². The van der Waals surface area contributed by atoms with Gasteiger partial charge in [-0.1, -0.05) is 0 Å². The maximum atomic E-state index is 12.2. The Kier molecular flexibility index (Phi) is 3.96. The van der Waals surface area contributed by atoms with E-state index in [1.807, 2.05) is 41.0 Å². The highest BCUT2D eigenvalue weighted by molar-refractivity contribution is 5.94. The van der Waals surface area contributed by atoms with Crippen molar-refractivity contribution in [3.63, 3.8) is 0 Å². The zero-order valence-electron chi connectivity index (χ0n) is 13.2. The molecule has 3 heterocycles. The Bertz CT molecular complexity index is 851. The molecule has 0 radical (unpaired) electrons. The number of nitrogens with zero attached hydrogens (tertiary/aromatic N) is 3. The summed E-state index contributed by atoms with van der Waals surface area (Å²) >= 11 is 0. The van der Waals surface area contributed by atoms with Gasteiger partial charge in [0.2, 0.25) is 0 Å². The fourth-order valence-corrected chi connectivity index (χ4v) is 2.93. The van der Waals surface area contributed by atoms with Gasteiger partial charge < -0.3 is 10.1 Å². The minimum absolute atomic E-state index is 0.0781. The molecule has 1 N–H and O–H groups in total. The van der Waals surface area contributed by atoms with Gasteiger partial charge in [-0.05, 0) is 49.2 Å². The number of rotatable bonds is 4. The smallest absolute Gasteiger partial charge is 0.251 e. The zero-order valence-corrected chi connectivity index (χ0v) is 13.2. The predicted molar refractivity (Wildman–Crippen MR) is 90.2 cm³/mol. The topological polar surface area (TPSA) is 69.0 Å². The van der Waals surface area contributed by atoms with Crippen molar-refractivity contribution in [3.8, 4) is 5.69 Å². The van der Waals surface area contributed by atoms with Crippen LogP contribution in [0.3, 0.4) is 0 Å². The van der Waals surface area contributed by atoms with Crippen molar-refractivity contribution < 1.29 is 9.53 Å². The molecule has 1 fully saturated rings. The molecule has 1 saturated heterocycles. The van der Waals surface area contributed by atoms with E-state index < -0.39 is 0 Å². The second-order valence-electron chi connectivity index (χ2n) is 5.85. The van der Waals surface area contributed by atoms with Crippen molar-refractivity contribution in [1.29, 1.82) is 0 Å². The van der Waals surface area contributed by atoms with E-state index in [9.17, 15) is 4.79 Å². The van der Waals surface area contributed by atoms with Crippen molar-refractivity contribution in [1.82, 2.24) is 19.9 Å². The SMILES string of the molecule is O=C(NCC1CCCO1)c1ccc(-n2cnc3cccnc32)cc1. The summed E-state index contributed by atoms with van der Waals surface area (Å²) in [6.07, 6.45) is 5.72. The Morgan fingerprint density at radius 1 is 1.25 bits per heavy atom. The van der Waals surface area contributed by atoms with E-state index in [0.29, 0.717) is 12.1 Å². The summed E-state index contributed by atoms with van der Waals surface area (Å²) in [5, 5.41) is 2.93. The van der Waals surface area contributed by atoms with Crippen molar-refractivity contribution in [3.05, 3.63) is 54.5 Å². The second kappa shape index (κ2) is 6.41. The first-order valence-electron chi connectivity index (χ1n) is 8.09. The molecule has 0 bridgehead atoms. The lowest BCUT2D eigenvalue weighted by Crippen LogP contribution is -2.31. The van der Waals surface area contributed by atoms with Crippen molar-refractivity contribution in [2.45, 2.75) is 18.9 Å². The van der Waals surface area contributed by atoms with Gasteiger partial charge >= 0.3 is 0 Å². The standard InChI is InChI=1S/C18H18N4O2/c23-18(20-11-15-3-2-10-24-15)13-5-7-14(8-6-13)22-12-21-16-4-1-9-19-17(16)22/h1,4-9,12,15H,2-3,10-11H2,(H,20,23). The minimum atomic E-state index is -0.0781. The van der Waals surface area contributed by atoms with Gasteiger partial charge in [0.25, 0.3) is 5.91 Å². The first kappa shape index (κ1) is 14.8. The number of fused-ring (bicyclic) bond motifs is 1. The molecule has 1 aliphatic heterocycles. The van der Waals surface area contributed by atoms with Crippen LogP contribution >= 0.6 is 0 Å². The molecule has 0 saturated carbocycles. The van der Waals surface area contributed by atoms with Crippen LogP contribution in [0.4, 0.5) is 0 Å². The van der Waals surface area contributed by atoms with E-state index in [-0.39, 0.29) is 12.0 Å². The highest BCUT2D eigenvalue weighted by Crippen LogP contribution is 2.16. The number of amides is 1. The largest absolute Gasteiger partial charge is 0.376 e. The van der Waals surface area contributed by atoms with E-state index in [2.05, 4.69) is 15.3 Å². The van der Waals surface area contributed by atoms with Gasteiger partial charge in [0.05, 0.1) is 6.10 Å². The molecule has 1 unspecified atom stereocenters. The number of pyridine rings is 1. The Morgan fingerprint density at radius 3 is 2.92 bits per heavy atom. The summed E-state index contributed by atoms with van der Waals surface area (Å²) in [4.78, 5) is 20.9. The number of benzene rings is 1. The summed E-state index contributed by atoms with van der Waals surface area (Å²) in [6, 6.07) is 11.2. The minimum Gasteiger partial charge on any atom is -0.376 e. The molecular weight excluding hydrogens is 304 g/mol. The van der Waals surface area contributed by atoms with Gasteiger partial charge in [-0.15, -0.1) is 0 Å². The van der Waals surface area contributed by atoms with E-state index in [4.69, 9.17) is 4.74 Å². The van der Waals surface area contributed by atoms with Gasteiger partial charge in [-0.3, -0.25) is 9.36 Å². The maximum absolute atomic E-state index is 12.2. The fourth-order valence-electron chi connectivity index (χ4n) is 2.93. The Hall–Kier alpha value is -2.73. The van der Waals surface area contributed by atoms with Crippen molar-refractivity contribution in [2.75, 3.05) is 13.2 Å². The van der Waals surface area contributed by atoms with Gasteiger partial charge in [-0.25, -0.2) is 9.97 Å². The molecule has 1 aliphatic rings. The van der Waals surface area contributed by atoms with Crippen LogP contribution in [-0.4, -0.2) is 39.7 Å². The average Bonchev–Trinajstić information content (AvgIpc) is 3.29. The van der Waals surface area contributed by atoms with Crippen LogP contribution in [0.25, 0.3) is 16.9 Å². The summed E-state index contributed by atoms with van der Waals surface area (Å²) in [5.74, 6) is -0.0781. The van der Waals surface area contributed by atoms with Crippen LogP contribution in [0.1, 0.15) is 23.2 Å². The lowest BCUT2D eigenvalue weighted by atomic mass is 10.2. The first-order chi connectivity index (χ1) is 11.8.